The second-order valence-corrected chi connectivity index (χ2v) is 6.90. The van der Waals surface area contributed by atoms with Gasteiger partial charge in [0.15, 0.2) is 0 Å². The summed E-state index contributed by atoms with van der Waals surface area (Å²) in [6.45, 7) is 3.90. The summed E-state index contributed by atoms with van der Waals surface area (Å²) >= 11 is 0.802. The van der Waals surface area contributed by atoms with Crippen LogP contribution in [0.2, 0.25) is 0 Å². The summed E-state index contributed by atoms with van der Waals surface area (Å²) < 4.78 is 6.20. The van der Waals surface area contributed by atoms with Crippen molar-refractivity contribution in [1.29, 1.82) is 0 Å². The van der Waals surface area contributed by atoms with Gasteiger partial charge in [-0.25, -0.2) is 0 Å². The van der Waals surface area contributed by atoms with Gasteiger partial charge in [0.25, 0.3) is 0 Å². The molecule has 4 rings (SSSR count). The van der Waals surface area contributed by atoms with Gasteiger partial charge in [-0.1, -0.05) is 30.3 Å². The molecule has 110 valence electrons. The fourth-order valence-electron chi connectivity index (χ4n) is 3.43. The van der Waals surface area contributed by atoms with Crippen molar-refractivity contribution in [2.45, 2.75) is 25.9 Å². The van der Waals surface area contributed by atoms with E-state index in [2.05, 4.69) is 0 Å². The Bertz CT molecular complexity index is 814. The maximum Gasteiger partial charge on any atom is 0.227 e. The zero-order chi connectivity index (χ0) is 15.5. The minimum atomic E-state index is -0.561. The number of allylic oxidation sites excluding steroid dienone is 1. The minimum Gasteiger partial charge on any atom is -0.482 e. The van der Waals surface area contributed by atoms with Gasteiger partial charge in [0.05, 0.1) is 0 Å². The van der Waals surface area contributed by atoms with Crippen molar-refractivity contribution in [3.8, 4) is 0 Å². The van der Waals surface area contributed by atoms with E-state index in [0.717, 1.165) is 34.2 Å². The number of rotatable bonds is 1. The first kappa shape index (κ1) is 13.6. The Morgan fingerprint density at radius 3 is 2.59 bits per heavy atom. The van der Waals surface area contributed by atoms with Crippen LogP contribution in [0.3, 0.4) is 0 Å². The summed E-state index contributed by atoms with van der Waals surface area (Å²) in [5, 5.41) is -0.259. The van der Waals surface area contributed by atoms with Crippen LogP contribution < -0.4 is 0 Å². The molecule has 0 radical (unpaired) electrons. The molecule has 0 unspecified atom stereocenters. The van der Waals surface area contributed by atoms with Crippen LogP contribution in [-0.2, 0) is 14.3 Å². The molecule has 0 N–H and O–H groups in total. The molecule has 0 bridgehead atoms. The molecule has 1 atom stereocenters. The van der Waals surface area contributed by atoms with Crippen LogP contribution >= 0.6 is 11.8 Å². The molecular weight excluding hydrogens is 296 g/mol. The number of carbonyl (C=O) groups excluding carboxylic acids is 2. The van der Waals surface area contributed by atoms with Crippen LogP contribution in [0.1, 0.15) is 25.8 Å². The van der Waals surface area contributed by atoms with Gasteiger partial charge in [0.2, 0.25) is 10.2 Å². The van der Waals surface area contributed by atoms with E-state index in [9.17, 15) is 9.59 Å². The Hall–Kier alpha value is -2.07. The van der Waals surface area contributed by atoms with E-state index in [-0.39, 0.29) is 10.2 Å². The molecule has 0 aromatic heterocycles. The molecule has 1 aromatic rings. The molecule has 0 saturated carbocycles. The molecule has 0 fully saturated rings. The Kier molecular flexibility index (Phi) is 2.76. The van der Waals surface area contributed by atoms with Gasteiger partial charge in [0, 0.05) is 28.7 Å². The number of hydrogen-bond acceptors (Lipinski definition) is 4. The zero-order valence-corrected chi connectivity index (χ0v) is 13.1. The molecule has 22 heavy (non-hydrogen) atoms. The normalized spacial score (nSPS) is 26.9. The maximum absolute atomic E-state index is 12.1. The predicted molar refractivity (Wildman–Crippen MR) is 85.9 cm³/mol. The number of benzene rings is 1. The molecule has 0 amide bonds. The lowest BCUT2D eigenvalue weighted by atomic mass is 9.78. The molecule has 0 spiro atoms. The lowest BCUT2D eigenvalue weighted by molar-refractivity contribution is -0.108. The standard InChI is InChI=1S/C18H14O3S/c1-10-13-8-14(11-6-4-3-5-7-11)21-18(13,2)9-12-15(10)17(20)22-16(12)19/h3-8H,9H2,1-2H3/t18-/m0/s1. The second-order valence-electron chi connectivity index (χ2n) is 5.95. The van der Waals surface area contributed by atoms with Crippen molar-refractivity contribution in [3.05, 3.63) is 64.3 Å². The van der Waals surface area contributed by atoms with Crippen LogP contribution in [0.5, 0.6) is 0 Å². The smallest absolute Gasteiger partial charge is 0.227 e. The van der Waals surface area contributed by atoms with Crippen LogP contribution in [0, 0.1) is 0 Å². The molecule has 3 aliphatic rings. The highest BCUT2D eigenvalue weighted by Crippen LogP contribution is 2.51. The fourth-order valence-corrected chi connectivity index (χ4v) is 4.27. The summed E-state index contributed by atoms with van der Waals surface area (Å²) in [5.41, 5.74) is 3.53. The first-order valence-corrected chi connectivity index (χ1v) is 7.99. The highest BCUT2D eigenvalue weighted by molar-refractivity contribution is 8.27. The average Bonchev–Trinajstić information content (AvgIpc) is 2.98. The quantitative estimate of drug-likeness (QED) is 0.794. The lowest BCUT2D eigenvalue weighted by Gasteiger charge is -2.32. The van der Waals surface area contributed by atoms with Gasteiger partial charge in [-0.15, -0.1) is 0 Å². The van der Waals surface area contributed by atoms with Crippen molar-refractivity contribution in [1.82, 2.24) is 0 Å². The third-order valence-corrected chi connectivity index (χ3v) is 5.29. The number of thioether (sulfide) groups is 1. The van der Waals surface area contributed by atoms with Gasteiger partial charge < -0.3 is 4.74 Å². The van der Waals surface area contributed by atoms with Gasteiger partial charge >= 0.3 is 0 Å². The van der Waals surface area contributed by atoms with E-state index in [1.807, 2.05) is 50.3 Å². The largest absolute Gasteiger partial charge is 0.482 e. The third kappa shape index (κ3) is 1.77. The van der Waals surface area contributed by atoms with Crippen LogP contribution in [-0.4, -0.2) is 15.8 Å². The SMILES string of the molecule is CC1=C2C=C(c3ccccc3)O[C@@]2(C)CC2=C1C(=O)SC2=O. The summed E-state index contributed by atoms with van der Waals surface area (Å²) in [4.78, 5) is 24.1. The molecule has 2 heterocycles. The van der Waals surface area contributed by atoms with Crippen molar-refractivity contribution in [2.24, 2.45) is 0 Å². The monoisotopic (exact) mass is 310 g/mol. The molecule has 2 aliphatic heterocycles. The Labute approximate surface area is 132 Å². The molecule has 1 aromatic carbocycles. The molecule has 1 aliphatic carbocycles. The number of hydrogen-bond donors (Lipinski definition) is 0. The second kappa shape index (κ2) is 4.46. The molecule has 4 heteroatoms. The number of carbonyl (C=O) groups is 2. The van der Waals surface area contributed by atoms with Crippen molar-refractivity contribution >= 4 is 27.8 Å². The average molecular weight is 310 g/mol. The summed E-state index contributed by atoms with van der Waals surface area (Å²) in [6.07, 6.45) is 2.47. The van der Waals surface area contributed by atoms with E-state index in [4.69, 9.17) is 4.74 Å². The first-order valence-electron chi connectivity index (χ1n) is 7.17. The Morgan fingerprint density at radius 2 is 1.86 bits per heavy atom. The maximum atomic E-state index is 12.1. The van der Waals surface area contributed by atoms with Crippen LogP contribution in [0.15, 0.2) is 58.7 Å². The van der Waals surface area contributed by atoms with E-state index in [0.29, 0.717) is 17.6 Å². The predicted octanol–water partition coefficient (Wildman–Crippen LogP) is 3.63. The lowest BCUT2D eigenvalue weighted by Crippen LogP contribution is -2.31. The summed E-state index contributed by atoms with van der Waals surface area (Å²) in [7, 11) is 0. The topological polar surface area (TPSA) is 43.4 Å². The van der Waals surface area contributed by atoms with Crippen LogP contribution in [0.25, 0.3) is 5.76 Å². The highest BCUT2D eigenvalue weighted by Gasteiger charge is 2.48. The van der Waals surface area contributed by atoms with Gasteiger partial charge in [-0.2, -0.15) is 0 Å². The molecular formula is C18H14O3S. The summed E-state index contributed by atoms with van der Waals surface area (Å²) in [6, 6.07) is 9.88. The molecule has 3 nitrogen and oxygen atoms in total. The van der Waals surface area contributed by atoms with Gasteiger partial charge in [0.1, 0.15) is 11.4 Å². The third-order valence-electron chi connectivity index (χ3n) is 4.47. The fraction of sp³-hybridized carbons (Fsp3) is 0.222. The Morgan fingerprint density at radius 1 is 1.14 bits per heavy atom. The van der Waals surface area contributed by atoms with Gasteiger partial charge in [-0.05, 0) is 37.3 Å². The van der Waals surface area contributed by atoms with Crippen molar-refractivity contribution < 1.29 is 14.3 Å². The van der Waals surface area contributed by atoms with E-state index >= 15 is 0 Å². The van der Waals surface area contributed by atoms with Crippen molar-refractivity contribution in [2.75, 3.05) is 0 Å². The number of ether oxygens (including phenoxy) is 1. The van der Waals surface area contributed by atoms with E-state index in [1.165, 1.54) is 0 Å². The highest BCUT2D eigenvalue weighted by atomic mass is 32.2. The van der Waals surface area contributed by atoms with E-state index < -0.39 is 5.60 Å². The van der Waals surface area contributed by atoms with Crippen LogP contribution in [0.4, 0.5) is 0 Å². The summed E-state index contributed by atoms with van der Waals surface area (Å²) in [5.74, 6) is 0.797. The molecule has 0 saturated heterocycles. The first-order chi connectivity index (χ1) is 10.5. The van der Waals surface area contributed by atoms with Crippen molar-refractivity contribution in [3.63, 3.8) is 0 Å². The van der Waals surface area contributed by atoms with Gasteiger partial charge in [-0.3, -0.25) is 9.59 Å². The van der Waals surface area contributed by atoms with E-state index in [1.54, 1.807) is 0 Å². The minimum absolute atomic E-state index is 0.128. The zero-order valence-electron chi connectivity index (χ0n) is 12.3. The Balaban J connectivity index is 1.85. The number of fused-ring (bicyclic) bond motifs is 1.